The molecule has 1 N–H and O–H groups in total. The van der Waals surface area contributed by atoms with Crippen LogP contribution in [0.4, 0.5) is 5.82 Å². The van der Waals surface area contributed by atoms with Crippen molar-refractivity contribution >= 4 is 11.7 Å². The molecule has 2 aromatic rings. The highest BCUT2D eigenvalue weighted by atomic mass is 16.5. The first-order valence-corrected chi connectivity index (χ1v) is 6.59. The lowest BCUT2D eigenvalue weighted by atomic mass is 10.1. The van der Waals surface area contributed by atoms with Crippen molar-refractivity contribution in [2.45, 2.75) is 13.8 Å². The van der Waals surface area contributed by atoms with Gasteiger partial charge in [0.25, 0.3) is 5.91 Å². The minimum atomic E-state index is -0.284. The van der Waals surface area contributed by atoms with Gasteiger partial charge < -0.3 is 14.8 Å². The van der Waals surface area contributed by atoms with E-state index in [1.165, 1.54) is 7.11 Å². The van der Waals surface area contributed by atoms with Crippen molar-refractivity contribution in [1.29, 1.82) is 0 Å². The van der Waals surface area contributed by atoms with E-state index >= 15 is 0 Å². The van der Waals surface area contributed by atoms with E-state index < -0.39 is 0 Å². The van der Waals surface area contributed by atoms with Crippen LogP contribution in [-0.2, 0) is 4.79 Å². The Labute approximate surface area is 123 Å². The van der Waals surface area contributed by atoms with Gasteiger partial charge in [0.05, 0.1) is 7.11 Å². The van der Waals surface area contributed by atoms with E-state index in [2.05, 4.69) is 10.3 Å². The zero-order valence-electron chi connectivity index (χ0n) is 12.3. The molecule has 1 heterocycles. The monoisotopic (exact) mass is 286 g/mol. The summed E-state index contributed by atoms with van der Waals surface area (Å²) in [6, 6.07) is 9.21. The molecule has 1 aromatic heterocycles. The lowest BCUT2D eigenvalue weighted by Crippen LogP contribution is -2.21. The van der Waals surface area contributed by atoms with E-state index in [9.17, 15) is 4.79 Å². The molecule has 1 amide bonds. The van der Waals surface area contributed by atoms with Crippen LogP contribution in [-0.4, -0.2) is 24.6 Å². The maximum Gasteiger partial charge on any atom is 0.263 e. The maximum atomic E-state index is 11.9. The molecule has 0 atom stereocenters. The van der Waals surface area contributed by atoms with E-state index in [1.807, 2.05) is 32.0 Å². The summed E-state index contributed by atoms with van der Waals surface area (Å²) in [4.78, 5) is 16.0. The normalized spacial score (nSPS) is 10.0. The number of carbonyl (C=O) groups is 1. The van der Waals surface area contributed by atoms with Crippen molar-refractivity contribution in [3.63, 3.8) is 0 Å². The van der Waals surface area contributed by atoms with Crippen LogP contribution in [0, 0.1) is 13.8 Å². The Morgan fingerprint density at radius 1 is 1.19 bits per heavy atom. The van der Waals surface area contributed by atoms with Gasteiger partial charge in [-0.05, 0) is 43.2 Å². The Kier molecular flexibility index (Phi) is 4.77. The molecule has 0 saturated carbocycles. The molecule has 0 bridgehead atoms. The minimum Gasteiger partial charge on any atom is -0.493 e. The van der Waals surface area contributed by atoms with Gasteiger partial charge in [-0.15, -0.1) is 0 Å². The zero-order valence-corrected chi connectivity index (χ0v) is 12.3. The van der Waals surface area contributed by atoms with Crippen LogP contribution in [0.3, 0.4) is 0 Å². The molecule has 0 aliphatic carbocycles. The molecule has 21 heavy (non-hydrogen) atoms. The smallest absolute Gasteiger partial charge is 0.263 e. The fourth-order valence-electron chi connectivity index (χ4n) is 1.84. The average molecular weight is 286 g/mol. The highest BCUT2D eigenvalue weighted by Gasteiger charge is 2.10. The molecule has 0 unspecified atom stereocenters. The SMILES string of the molecule is COc1cccnc1NC(=O)COc1cccc(C)c1C. The molecular weight excluding hydrogens is 268 g/mol. The number of amides is 1. The number of methoxy groups -OCH3 is 1. The summed E-state index contributed by atoms with van der Waals surface area (Å²) >= 11 is 0. The van der Waals surface area contributed by atoms with Crippen molar-refractivity contribution < 1.29 is 14.3 Å². The number of anilines is 1. The summed E-state index contributed by atoms with van der Waals surface area (Å²) in [5.74, 6) is 1.32. The Bertz CT molecular complexity index is 641. The Balaban J connectivity index is 1.98. The zero-order chi connectivity index (χ0) is 15.2. The van der Waals surface area contributed by atoms with E-state index in [0.29, 0.717) is 17.3 Å². The van der Waals surface area contributed by atoms with Gasteiger partial charge in [-0.3, -0.25) is 4.79 Å². The molecule has 0 spiro atoms. The molecular formula is C16H18N2O3. The fourth-order valence-corrected chi connectivity index (χ4v) is 1.84. The summed E-state index contributed by atoms with van der Waals surface area (Å²) in [5.41, 5.74) is 2.15. The molecule has 2 rings (SSSR count). The number of aryl methyl sites for hydroxylation is 1. The Hall–Kier alpha value is -2.56. The average Bonchev–Trinajstić information content (AvgIpc) is 2.49. The van der Waals surface area contributed by atoms with Gasteiger partial charge in [0, 0.05) is 6.20 Å². The number of carbonyl (C=O) groups excluding carboxylic acids is 1. The number of benzene rings is 1. The Morgan fingerprint density at radius 2 is 1.95 bits per heavy atom. The van der Waals surface area contributed by atoms with Crippen molar-refractivity contribution in [2.24, 2.45) is 0 Å². The molecule has 0 fully saturated rings. The van der Waals surface area contributed by atoms with Gasteiger partial charge in [0.2, 0.25) is 0 Å². The second-order valence-electron chi connectivity index (χ2n) is 4.59. The number of rotatable bonds is 5. The minimum absolute atomic E-state index is 0.0793. The van der Waals surface area contributed by atoms with E-state index in [0.717, 1.165) is 11.1 Å². The molecule has 0 aliphatic rings. The summed E-state index contributed by atoms with van der Waals surface area (Å²) < 4.78 is 10.7. The first-order chi connectivity index (χ1) is 10.1. The highest BCUT2D eigenvalue weighted by molar-refractivity contribution is 5.92. The predicted octanol–water partition coefficient (Wildman–Crippen LogP) is 2.72. The number of hydrogen-bond acceptors (Lipinski definition) is 4. The largest absolute Gasteiger partial charge is 0.493 e. The highest BCUT2D eigenvalue weighted by Crippen LogP contribution is 2.21. The number of nitrogens with one attached hydrogen (secondary N) is 1. The third-order valence-corrected chi connectivity index (χ3v) is 3.16. The molecule has 5 heteroatoms. The Morgan fingerprint density at radius 3 is 2.71 bits per heavy atom. The lowest BCUT2D eigenvalue weighted by molar-refractivity contribution is -0.118. The molecule has 1 aromatic carbocycles. The fraction of sp³-hybridized carbons (Fsp3) is 0.250. The van der Waals surface area contributed by atoms with Gasteiger partial charge in [0.1, 0.15) is 5.75 Å². The van der Waals surface area contributed by atoms with Crippen LogP contribution in [0.5, 0.6) is 11.5 Å². The van der Waals surface area contributed by atoms with E-state index in [-0.39, 0.29) is 12.5 Å². The summed E-state index contributed by atoms with van der Waals surface area (Å²) in [6.45, 7) is 3.88. The first kappa shape index (κ1) is 14.8. The van der Waals surface area contributed by atoms with Crippen LogP contribution in [0.25, 0.3) is 0 Å². The van der Waals surface area contributed by atoms with Gasteiger partial charge >= 0.3 is 0 Å². The van der Waals surface area contributed by atoms with Gasteiger partial charge in [-0.2, -0.15) is 0 Å². The third-order valence-electron chi connectivity index (χ3n) is 3.16. The molecule has 110 valence electrons. The van der Waals surface area contributed by atoms with Crippen LogP contribution in [0.15, 0.2) is 36.5 Å². The van der Waals surface area contributed by atoms with Crippen molar-refractivity contribution in [2.75, 3.05) is 19.0 Å². The molecule has 0 radical (unpaired) electrons. The number of hydrogen-bond donors (Lipinski definition) is 1. The van der Waals surface area contributed by atoms with Crippen LogP contribution in [0.2, 0.25) is 0 Å². The predicted molar refractivity (Wildman–Crippen MR) is 80.8 cm³/mol. The quantitative estimate of drug-likeness (QED) is 0.918. The number of nitrogens with zero attached hydrogens (tertiary/aromatic N) is 1. The maximum absolute atomic E-state index is 11.9. The van der Waals surface area contributed by atoms with Crippen molar-refractivity contribution in [3.05, 3.63) is 47.7 Å². The van der Waals surface area contributed by atoms with Crippen molar-refractivity contribution in [3.8, 4) is 11.5 Å². The topological polar surface area (TPSA) is 60.5 Å². The van der Waals surface area contributed by atoms with E-state index in [1.54, 1.807) is 18.3 Å². The van der Waals surface area contributed by atoms with Crippen LogP contribution in [0.1, 0.15) is 11.1 Å². The summed E-state index contributed by atoms with van der Waals surface area (Å²) in [7, 11) is 1.53. The van der Waals surface area contributed by atoms with Crippen LogP contribution >= 0.6 is 0 Å². The van der Waals surface area contributed by atoms with E-state index in [4.69, 9.17) is 9.47 Å². The third kappa shape index (κ3) is 3.72. The number of pyridine rings is 1. The number of aromatic nitrogens is 1. The molecule has 0 aliphatic heterocycles. The second kappa shape index (κ2) is 6.74. The van der Waals surface area contributed by atoms with Gasteiger partial charge in [0.15, 0.2) is 18.2 Å². The molecule has 0 saturated heterocycles. The molecule has 5 nitrogen and oxygen atoms in total. The standard InChI is InChI=1S/C16H18N2O3/c1-11-6-4-7-13(12(11)2)21-10-15(19)18-16-14(20-3)8-5-9-17-16/h4-9H,10H2,1-3H3,(H,17,18,19). The second-order valence-corrected chi connectivity index (χ2v) is 4.59. The van der Waals surface area contributed by atoms with Gasteiger partial charge in [-0.1, -0.05) is 12.1 Å². The first-order valence-electron chi connectivity index (χ1n) is 6.59. The van der Waals surface area contributed by atoms with Crippen molar-refractivity contribution in [1.82, 2.24) is 4.98 Å². The lowest BCUT2D eigenvalue weighted by Gasteiger charge is -2.11. The van der Waals surface area contributed by atoms with Crippen LogP contribution < -0.4 is 14.8 Å². The number of ether oxygens (including phenoxy) is 2. The summed E-state index contributed by atoms with van der Waals surface area (Å²) in [6.07, 6.45) is 1.59. The van der Waals surface area contributed by atoms with Gasteiger partial charge in [-0.25, -0.2) is 4.98 Å². The summed E-state index contributed by atoms with van der Waals surface area (Å²) in [5, 5.41) is 2.67.